The number of rotatable bonds is 3. The second-order valence-electron chi connectivity index (χ2n) is 3.06. The van der Waals surface area contributed by atoms with Crippen LogP contribution in [0, 0.1) is 5.92 Å². The molecule has 12 heavy (non-hydrogen) atoms. The van der Waals surface area contributed by atoms with Crippen LogP contribution in [0.25, 0.3) is 0 Å². The van der Waals surface area contributed by atoms with Crippen LogP contribution in [0.1, 0.15) is 25.7 Å². The van der Waals surface area contributed by atoms with E-state index in [1.165, 1.54) is 6.26 Å². The largest absolute Gasteiger partial charge is 0.467 e. The van der Waals surface area contributed by atoms with Crippen molar-refractivity contribution in [3.05, 3.63) is 24.2 Å². The van der Waals surface area contributed by atoms with E-state index in [1.54, 1.807) is 26.0 Å². The molecule has 3 atom stereocenters. The van der Waals surface area contributed by atoms with Crippen molar-refractivity contribution in [2.45, 2.75) is 26.1 Å². The second-order valence-corrected chi connectivity index (χ2v) is 3.06. The number of hydrogen-bond acceptors (Lipinski definition) is 3. The van der Waals surface area contributed by atoms with E-state index in [2.05, 4.69) is 0 Å². The van der Waals surface area contributed by atoms with Crippen LogP contribution in [0.3, 0.4) is 0 Å². The summed E-state index contributed by atoms with van der Waals surface area (Å²) in [5, 5.41) is 18.8. The first-order valence-electron chi connectivity index (χ1n) is 4.02. The summed E-state index contributed by atoms with van der Waals surface area (Å²) >= 11 is 0. The minimum absolute atomic E-state index is 0.212. The van der Waals surface area contributed by atoms with Crippen molar-refractivity contribution in [2.75, 3.05) is 0 Å². The smallest absolute Gasteiger partial charge is 0.132 e. The summed E-state index contributed by atoms with van der Waals surface area (Å²) in [5.41, 5.74) is 0. The zero-order valence-corrected chi connectivity index (χ0v) is 7.27. The van der Waals surface area contributed by atoms with E-state index in [4.69, 9.17) is 4.42 Å². The van der Waals surface area contributed by atoms with E-state index in [1.807, 2.05) is 0 Å². The molecule has 0 fully saturated rings. The quantitative estimate of drug-likeness (QED) is 0.719. The molecule has 2 unspecified atom stereocenters. The van der Waals surface area contributed by atoms with Crippen LogP contribution < -0.4 is 0 Å². The maximum atomic E-state index is 9.59. The summed E-state index contributed by atoms with van der Waals surface area (Å²) in [6.45, 7) is 3.43. The van der Waals surface area contributed by atoms with E-state index in [-0.39, 0.29) is 5.92 Å². The number of aliphatic hydroxyl groups is 2. The Morgan fingerprint density at radius 2 is 2.00 bits per heavy atom. The van der Waals surface area contributed by atoms with Gasteiger partial charge in [-0.2, -0.15) is 0 Å². The summed E-state index contributed by atoms with van der Waals surface area (Å²) in [5.74, 6) is 0.291. The molecule has 0 spiro atoms. The van der Waals surface area contributed by atoms with Crippen molar-refractivity contribution in [1.29, 1.82) is 0 Å². The Labute approximate surface area is 71.6 Å². The molecule has 1 rings (SSSR count). The van der Waals surface area contributed by atoms with Gasteiger partial charge in [-0.05, 0) is 19.1 Å². The fraction of sp³-hybridized carbons (Fsp3) is 0.556. The Kier molecular flexibility index (Phi) is 2.89. The lowest BCUT2D eigenvalue weighted by molar-refractivity contribution is 0.0187. The Hall–Kier alpha value is -0.800. The monoisotopic (exact) mass is 170 g/mol. The molecule has 0 amide bonds. The van der Waals surface area contributed by atoms with Crippen molar-refractivity contribution >= 4 is 0 Å². The highest BCUT2D eigenvalue weighted by Gasteiger charge is 2.22. The van der Waals surface area contributed by atoms with Crippen LogP contribution in [0.4, 0.5) is 0 Å². The number of hydrogen-bond donors (Lipinski definition) is 2. The highest BCUT2D eigenvalue weighted by molar-refractivity contribution is 5.03. The Bertz CT molecular complexity index is 216. The van der Waals surface area contributed by atoms with Crippen LogP contribution >= 0.6 is 0 Å². The molecule has 2 N–H and O–H groups in total. The first-order valence-corrected chi connectivity index (χ1v) is 4.02. The predicted octanol–water partition coefficient (Wildman–Crippen LogP) is 1.33. The molecule has 0 radical (unpaired) electrons. The Balaban J connectivity index is 2.65. The molecule has 0 aliphatic heterocycles. The van der Waals surface area contributed by atoms with Gasteiger partial charge in [0.15, 0.2) is 0 Å². The third kappa shape index (κ3) is 1.87. The van der Waals surface area contributed by atoms with Crippen LogP contribution in [0.5, 0.6) is 0 Å². The van der Waals surface area contributed by atoms with E-state index in [0.29, 0.717) is 5.76 Å². The van der Waals surface area contributed by atoms with Crippen LogP contribution in [-0.2, 0) is 0 Å². The summed E-state index contributed by atoms with van der Waals surface area (Å²) in [4.78, 5) is 0. The standard InChI is InChI=1S/C9H14O3/c1-6(7(2)10)9(11)8-4-3-5-12-8/h3-7,9-11H,1-2H3/t6?,7-,9?/m0/s1. The average molecular weight is 170 g/mol. The lowest BCUT2D eigenvalue weighted by atomic mass is 9.98. The zero-order valence-electron chi connectivity index (χ0n) is 7.27. The van der Waals surface area contributed by atoms with Crippen LogP contribution in [0.15, 0.2) is 22.8 Å². The van der Waals surface area contributed by atoms with Gasteiger partial charge in [0.25, 0.3) is 0 Å². The SMILES string of the molecule is CC(C(O)c1ccco1)[C@H](C)O. The van der Waals surface area contributed by atoms with Gasteiger partial charge in [-0.15, -0.1) is 0 Å². The third-order valence-corrected chi connectivity index (χ3v) is 2.09. The Morgan fingerprint density at radius 1 is 1.33 bits per heavy atom. The average Bonchev–Trinajstić information content (AvgIpc) is 2.53. The van der Waals surface area contributed by atoms with E-state index in [0.717, 1.165) is 0 Å². The number of furan rings is 1. The maximum absolute atomic E-state index is 9.59. The molecular weight excluding hydrogens is 156 g/mol. The highest BCUT2D eigenvalue weighted by Crippen LogP contribution is 2.24. The molecule has 0 saturated heterocycles. The van der Waals surface area contributed by atoms with Crippen LogP contribution in [0.2, 0.25) is 0 Å². The van der Waals surface area contributed by atoms with Crippen molar-refractivity contribution in [3.8, 4) is 0 Å². The third-order valence-electron chi connectivity index (χ3n) is 2.09. The van der Waals surface area contributed by atoms with Gasteiger partial charge < -0.3 is 14.6 Å². The normalized spacial score (nSPS) is 18.7. The van der Waals surface area contributed by atoms with Crippen molar-refractivity contribution in [2.24, 2.45) is 5.92 Å². The lowest BCUT2D eigenvalue weighted by Gasteiger charge is -2.19. The summed E-state index contributed by atoms with van der Waals surface area (Å²) in [7, 11) is 0. The molecule has 0 aliphatic rings. The summed E-state index contributed by atoms with van der Waals surface area (Å²) in [6, 6.07) is 3.41. The van der Waals surface area contributed by atoms with Gasteiger partial charge in [0.2, 0.25) is 0 Å². The molecule has 0 bridgehead atoms. The molecular formula is C9H14O3. The topological polar surface area (TPSA) is 53.6 Å². The van der Waals surface area contributed by atoms with Gasteiger partial charge in [0.05, 0.1) is 12.4 Å². The maximum Gasteiger partial charge on any atom is 0.132 e. The molecule has 1 heterocycles. The molecule has 68 valence electrons. The minimum atomic E-state index is -0.722. The van der Waals surface area contributed by atoms with Gasteiger partial charge in [-0.1, -0.05) is 6.92 Å². The molecule has 1 aromatic rings. The van der Waals surface area contributed by atoms with Crippen molar-refractivity contribution < 1.29 is 14.6 Å². The van der Waals surface area contributed by atoms with Gasteiger partial charge in [-0.25, -0.2) is 0 Å². The first kappa shape index (κ1) is 9.29. The fourth-order valence-corrected chi connectivity index (χ4v) is 0.982. The predicted molar refractivity (Wildman–Crippen MR) is 44.5 cm³/mol. The molecule has 3 nitrogen and oxygen atoms in total. The minimum Gasteiger partial charge on any atom is -0.467 e. The first-order chi connectivity index (χ1) is 5.63. The van der Waals surface area contributed by atoms with Gasteiger partial charge in [0.1, 0.15) is 11.9 Å². The second kappa shape index (κ2) is 3.74. The molecule has 0 aromatic carbocycles. The van der Waals surface area contributed by atoms with Crippen molar-refractivity contribution in [3.63, 3.8) is 0 Å². The fourth-order valence-electron chi connectivity index (χ4n) is 0.982. The molecule has 3 heteroatoms. The lowest BCUT2D eigenvalue weighted by Crippen LogP contribution is -2.20. The molecule has 0 aliphatic carbocycles. The van der Waals surface area contributed by atoms with Gasteiger partial charge in [0, 0.05) is 5.92 Å². The van der Waals surface area contributed by atoms with Gasteiger partial charge >= 0.3 is 0 Å². The van der Waals surface area contributed by atoms with Crippen molar-refractivity contribution in [1.82, 2.24) is 0 Å². The van der Waals surface area contributed by atoms with E-state index < -0.39 is 12.2 Å². The van der Waals surface area contributed by atoms with Crippen LogP contribution in [-0.4, -0.2) is 16.3 Å². The zero-order chi connectivity index (χ0) is 9.14. The molecule has 0 saturated carbocycles. The highest BCUT2D eigenvalue weighted by atomic mass is 16.4. The van der Waals surface area contributed by atoms with E-state index >= 15 is 0 Å². The summed E-state index contributed by atoms with van der Waals surface area (Å²) < 4.78 is 5.01. The molecule has 1 aromatic heterocycles. The van der Waals surface area contributed by atoms with E-state index in [9.17, 15) is 10.2 Å². The summed E-state index contributed by atoms with van der Waals surface area (Å²) in [6.07, 6.45) is 0.248. The van der Waals surface area contributed by atoms with Gasteiger partial charge in [-0.3, -0.25) is 0 Å². The Morgan fingerprint density at radius 3 is 2.42 bits per heavy atom. The number of aliphatic hydroxyl groups excluding tert-OH is 2.